The van der Waals surface area contributed by atoms with Gasteiger partial charge >= 0.3 is 0 Å². The van der Waals surface area contributed by atoms with E-state index >= 15 is 0 Å². The van der Waals surface area contributed by atoms with Crippen LogP contribution < -0.4 is 4.74 Å². The van der Waals surface area contributed by atoms with Gasteiger partial charge in [0.25, 0.3) is 0 Å². The van der Waals surface area contributed by atoms with Crippen LogP contribution >= 0.6 is 11.6 Å². The van der Waals surface area contributed by atoms with Gasteiger partial charge in [0.1, 0.15) is 5.69 Å². The third kappa shape index (κ3) is 1.91. The van der Waals surface area contributed by atoms with Crippen LogP contribution in [0.25, 0.3) is 5.03 Å². The minimum atomic E-state index is 0.375. The molecule has 0 aliphatic heterocycles. The lowest BCUT2D eigenvalue weighted by atomic mass is 10.4. The molecule has 1 aromatic rings. The molecule has 0 amide bonds. The first-order valence-electron chi connectivity index (χ1n) is 2.96. The lowest BCUT2D eigenvalue weighted by Gasteiger charge is -1.97. The Hall–Kier alpha value is -1.09. The van der Waals surface area contributed by atoms with Crippen molar-refractivity contribution in [2.24, 2.45) is 0 Å². The van der Waals surface area contributed by atoms with Crippen LogP contribution in [0.1, 0.15) is 5.69 Å². The normalized spacial score (nSPS) is 9.27. The highest BCUT2D eigenvalue weighted by atomic mass is 35.5. The first kappa shape index (κ1) is 8.01. The quantitative estimate of drug-likeness (QED) is 0.678. The van der Waals surface area contributed by atoms with Crippen LogP contribution in [-0.2, 0) is 0 Å². The summed E-state index contributed by atoms with van der Waals surface area (Å²) in [5.41, 5.74) is 0.562. The summed E-state index contributed by atoms with van der Waals surface area (Å²) in [6, 6.07) is 3.37. The SMILES string of the molecule is C=C(Cl)c1ccc(OC)nn1. The van der Waals surface area contributed by atoms with E-state index in [0.717, 1.165) is 0 Å². The van der Waals surface area contributed by atoms with E-state index in [1.165, 1.54) is 7.11 Å². The molecule has 0 N–H and O–H groups in total. The Morgan fingerprint density at radius 1 is 1.55 bits per heavy atom. The largest absolute Gasteiger partial charge is 0.480 e. The van der Waals surface area contributed by atoms with Crippen LogP contribution in [0.5, 0.6) is 5.88 Å². The highest BCUT2D eigenvalue weighted by Gasteiger charge is 1.97. The molecule has 0 atom stereocenters. The second-order valence-electron chi connectivity index (χ2n) is 1.87. The second kappa shape index (κ2) is 3.34. The number of hydrogen-bond acceptors (Lipinski definition) is 3. The highest BCUT2D eigenvalue weighted by molar-refractivity contribution is 6.47. The molecule has 1 rings (SSSR count). The third-order valence-electron chi connectivity index (χ3n) is 1.13. The van der Waals surface area contributed by atoms with Crippen LogP contribution in [0.4, 0.5) is 0 Å². The van der Waals surface area contributed by atoms with E-state index in [4.69, 9.17) is 16.3 Å². The smallest absolute Gasteiger partial charge is 0.233 e. The maximum Gasteiger partial charge on any atom is 0.233 e. The fourth-order valence-electron chi connectivity index (χ4n) is 0.574. The first-order chi connectivity index (χ1) is 5.24. The molecule has 0 aliphatic carbocycles. The molecule has 0 aromatic carbocycles. The van der Waals surface area contributed by atoms with Gasteiger partial charge in [-0.25, -0.2) is 0 Å². The Morgan fingerprint density at radius 2 is 2.27 bits per heavy atom. The van der Waals surface area contributed by atoms with E-state index in [0.29, 0.717) is 16.6 Å². The molecule has 0 saturated heterocycles. The van der Waals surface area contributed by atoms with Crippen molar-refractivity contribution in [3.63, 3.8) is 0 Å². The maximum atomic E-state index is 5.56. The summed E-state index contributed by atoms with van der Waals surface area (Å²) >= 11 is 5.56. The van der Waals surface area contributed by atoms with Crippen LogP contribution in [0, 0.1) is 0 Å². The molecule has 1 heterocycles. The zero-order valence-corrected chi connectivity index (χ0v) is 6.80. The molecule has 0 radical (unpaired) electrons. The Balaban J connectivity index is 2.91. The Bertz CT molecular complexity index is 258. The van der Waals surface area contributed by atoms with Gasteiger partial charge in [0.05, 0.1) is 12.1 Å². The van der Waals surface area contributed by atoms with Gasteiger partial charge in [-0.1, -0.05) is 18.2 Å². The number of nitrogens with zero attached hydrogens (tertiary/aromatic N) is 2. The van der Waals surface area contributed by atoms with Crippen molar-refractivity contribution in [1.82, 2.24) is 10.2 Å². The van der Waals surface area contributed by atoms with Gasteiger partial charge in [0.2, 0.25) is 5.88 Å². The molecule has 0 aliphatic rings. The van der Waals surface area contributed by atoms with E-state index in [-0.39, 0.29) is 0 Å². The van der Waals surface area contributed by atoms with Gasteiger partial charge in [0.15, 0.2) is 0 Å². The molecule has 0 bridgehead atoms. The summed E-state index contributed by atoms with van der Waals surface area (Å²) in [7, 11) is 1.53. The molecular weight excluding hydrogens is 164 g/mol. The average molecular weight is 171 g/mol. The van der Waals surface area contributed by atoms with Gasteiger partial charge in [-0.3, -0.25) is 0 Å². The van der Waals surface area contributed by atoms with Gasteiger partial charge in [-0.05, 0) is 6.07 Å². The molecule has 0 saturated carbocycles. The van der Waals surface area contributed by atoms with E-state index in [2.05, 4.69) is 16.8 Å². The minimum Gasteiger partial charge on any atom is -0.480 e. The molecule has 3 nitrogen and oxygen atoms in total. The summed E-state index contributed by atoms with van der Waals surface area (Å²) in [6.45, 7) is 3.50. The van der Waals surface area contributed by atoms with Crippen LogP contribution in [-0.4, -0.2) is 17.3 Å². The number of aromatic nitrogens is 2. The summed E-state index contributed by atoms with van der Waals surface area (Å²) in [5.74, 6) is 0.465. The van der Waals surface area contributed by atoms with E-state index in [1.54, 1.807) is 12.1 Å². The Labute approximate surface area is 69.7 Å². The van der Waals surface area contributed by atoms with Gasteiger partial charge in [-0.15, -0.1) is 10.2 Å². The van der Waals surface area contributed by atoms with Crippen LogP contribution in [0.3, 0.4) is 0 Å². The number of halogens is 1. The molecule has 0 spiro atoms. The van der Waals surface area contributed by atoms with Crippen molar-refractivity contribution in [3.8, 4) is 5.88 Å². The zero-order valence-electron chi connectivity index (χ0n) is 6.04. The van der Waals surface area contributed by atoms with E-state index in [1.807, 2.05) is 0 Å². The Morgan fingerprint density at radius 3 is 2.64 bits per heavy atom. The molecule has 0 unspecified atom stereocenters. The summed E-state index contributed by atoms with van der Waals surface area (Å²) in [6.07, 6.45) is 0. The van der Waals surface area contributed by atoms with Crippen molar-refractivity contribution in [1.29, 1.82) is 0 Å². The summed E-state index contributed by atoms with van der Waals surface area (Å²) in [4.78, 5) is 0. The lowest BCUT2D eigenvalue weighted by Crippen LogP contribution is -1.92. The number of hydrogen-bond donors (Lipinski definition) is 0. The zero-order chi connectivity index (χ0) is 8.27. The molecular formula is C7H7ClN2O. The lowest BCUT2D eigenvalue weighted by molar-refractivity contribution is 0.392. The fourth-order valence-corrected chi connectivity index (χ4v) is 0.674. The van der Waals surface area contributed by atoms with Crippen LogP contribution in [0.15, 0.2) is 18.7 Å². The van der Waals surface area contributed by atoms with Crippen LogP contribution in [0.2, 0.25) is 0 Å². The number of ether oxygens (including phenoxy) is 1. The predicted molar refractivity (Wildman–Crippen MR) is 43.5 cm³/mol. The molecule has 0 fully saturated rings. The van der Waals surface area contributed by atoms with Crippen molar-refractivity contribution in [2.45, 2.75) is 0 Å². The van der Waals surface area contributed by atoms with Gasteiger partial charge in [-0.2, -0.15) is 0 Å². The highest BCUT2D eigenvalue weighted by Crippen LogP contribution is 2.13. The minimum absolute atomic E-state index is 0.375. The summed E-state index contributed by atoms with van der Waals surface area (Å²) < 4.78 is 4.80. The Kier molecular flexibility index (Phi) is 2.44. The first-order valence-corrected chi connectivity index (χ1v) is 3.34. The fraction of sp³-hybridized carbons (Fsp3) is 0.143. The monoisotopic (exact) mass is 170 g/mol. The van der Waals surface area contributed by atoms with Crippen molar-refractivity contribution >= 4 is 16.6 Å². The third-order valence-corrected chi connectivity index (χ3v) is 1.32. The summed E-state index contributed by atoms with van der Waals surface area (Å²) in [5, 5.41) is 7.82. The van der Waals surface area contributed by atoms with Crippen molar-refractivity contribution in [3.05, 3.63) is 24.4 Å². The van der Waals surface area contributed by atoms with Crippen molar-refractivity contribution in [2.75, 3.05) is 7.11 Å². The topological polar surface area (TPSA) is 35.0 Å². The standard InChI is InChI=1S/C7H7ClN2O/c1-5(8)6-3-4-7(11-2)10-9-6/h3-4H,1H2,2H3. The molecule has 58 valence electrons. The van der Waals surface area contributed by atoms with Gasteiger partial charge in [0, 0.05) is 6.07 Å². The van der Waals surface area contributed by atoms with E-state index in [9.17, 15) is 0 Å². The predicted octanol–water partition coefficient (Wildman–Crippen LogP) is 1.69. The van der Waals surface area contributed by atoms with Crippen molar-refractivity contribution < 1.29 is 4.74 Å². The number of methoxy groups -OCH3 is 1. The van der Waals surface area contributed by atoms with E-state index < -0.39 is 0 Å². The molecule has 1 aromatic heterocycles. The van der Waals surface area contributed by atoms with Gasteiger partial charge < -0.3 is 4.74 Å². The molecule has 4 heteroatoms. The maximum absolute atomic E-state index is 5.56. The molecule has 11 heavy (non-hydrogen) atoms. The average Bonchev–Trinajstić information content (AvgIpc) is 2.05. The second-order valence-corrected chi connectivity index (χ2v) is 2.32. The number of rotatable bonds is 2.